The molecule has 7 nitrogen and oxygen atoms in total. The van der Waals surface area contributed by atoms with E-state index < -0.39 is 10.0 Å². The van der Waals surface area contributed by atoms with Crippen molar-refractivity contribution < 1.29 is 17.7 Å². The third-order valence-corrected chi connectivity index (χ3v) is 8.13. The minimum atomic E-state index is -3.63. The van der Waals surface area contributed by atoms with Crippen molar-refractivity contribution in [2.75, 3.05) is 16.2 Å². The number of anilines is 2. The molecule has 0 saturated carbocycles. The van der Waals surface area contributed by atoms with E-state index in [2.05, 4.69) is 10.5 Å². The fourth-order valence-corrected chi connectivity index (χ4v) is 6.29. The zero-order valence-electron chi connectivity index (χ0n) is 16.6. The van der Waals surface area contributed by atoms with Crippen LogP contribution in [0.1, 0.15) is 35.2 Å². The molecule has 156 valence electrons. The summed E-state index contributed by atoms with van der Waals surface area (Å²) < 4.78 is 33.5. The van der Waals surface area contributed by atoms with E-state index in [9.17, 15) is 13.2 Å². The van der Waals surface area contributed by atoms with Gasteiger partial charge < -0.3 is 9.84 Å². The summed E-state index contributed by atoms with van der Waals surface area (Å²) in [5.74, 6) is 0.188. The van der Waals surface area contributed by atoms with E-state index in [1.165, 1.54) is 22.6 Å². The molecule has 1 N–H and O–H groups in total. The Morgan fingerprint density at radius 2 is 2.03 bits per heavy atom. The van der Waals surface area contributed by atoms with E-state index in [-0.39, 0.29) is 10.1 Å². The standard InChI is InChI=1S/C21H21N3O4S2/c1-14-21(22-15(2)25)19(28-23-14)11-9-17-10-12-20(29-17)30(26,27)24-13-5-7-16-6-3-4-8-18(16)24/h3-4,6,8-12H,5,7,13H2,1-2H3,(H,22,25). The van der Waals surface area contributed by atoms with Crippen molar-refractivity contribution in [2.45, 2.75) is 30.9 Å². The van der Waals surface area contributed by atoms with Crippen LogP contribution in [0.15, 0.2) is 45.1 Å². The van der Waals surface area contributed by atoms with Crippen molar-refractivity contribution in [1.82, 2.24) is 5.16 Å². The summed E-state index contributed by atoms with van der Waals surface area (Å²) in [5.41, 5.74) is 2.89. The smallest absolute Gasteiger partial charge is 0.273 e. The van der Waals surface area contributed by atoms with Gasteiger partial charge in [0.1, 0.15) is 15.6 Å². The number of para-hydroxylation sites is 1. The number of nitrogens with zero attached hydrogens (tertiary/aromatic N) is 2. The summed E-state index contributed by atoms with van der Waals surface area (Å²) in [6.45, 7) is 3.62. The molecule has 0 saturated heterocycles. The number of carbonyl (C=O) groups excluding carboxylic acids is 1. The average Bonchev–Trinajstić information content (AvgIpc) is 3.34. The molecular weight excluding hydrogens is 422 g/mol. The molecule has 1 amide bonds. The Bertz CT molecular complexity index is 1220. The average molecular weight is 444 g/mol. The number of fused-ring (bicyclic) bond motifs is 1. The van der Waals surface area contributed by atoms with Crippen LogP contribution in [-0.2, 0) is 21.2 Å². The monoisotopic (exact) mass is 443 g/mol. The maximum absolute atomic E-state index is 13.3. The number of rotatable bonds is 5. The Hall–Kier alpha value is -2.91. The highest BCUT2D eigenvalue weighted by Crippen LogP contribution is 2.34. The number of sulfonamides is 1. The van der Waals surface area contributed by atoms with Gasteiger partial charge in [0.05, 0.1) is 5.69 Å². The summed E-state index contributed by atoms with van der Waals surface area (Å²) in [6.07, 6.45) is 5.10. The second-order valence-electron chi connectivity index (χ2n) is 6.99. The normalized spacial score (nSPS) is 14.1. The van der Waals surface area contributed by atoms with Crippen molar-refractivity contribution in [3.63, 3.8) is 0 Å². The number of aryl methyl sites for hydroxylation is 2. The predicted octanol–water partition coefficient (Wildman–Crippen LogP) is 4.31. The van der Waals surface area contributed by atoms with Crippen molar-refractivity contribution in [1.29, 1.82) is 0 Å². The molecule has 2 aromatic heterocycles. The van der Waals surface area contributed by atoms with Gasteiger partial charge >= 0.3 is 0 Å². The Labute approximate surface area is 179 Å². The maximum Gasteiger partial charge on any atom is 0.273 e. The zero-order valence-corrected chi connectivity index (χ0v) is 18.2. The summed E-state index contributed by atoms with van der Waals surface area (Å²) in [5, 5.41) is 6.56. The molecule has 3 heterocycles. The Morgan fingerprint density at radius 3 is 2.83 bits per heavy atom. The predicted molar refractivity (Wildman–Crippen MR) is 118 cm³/mol. The number of benzene rings is 1. The van der Waals surface area contributed by atoms with Crippen LogP contribution in [0.2, 0.25) is 0 Å². The third-order valence-electron chi connectivity index (χ3n) is 4.80. The highest BCUT2D eigenvalue weighted by atomic mass is 32.2. The lowest BCUT2D eigenvalue weighted by Gasteiger charge is -2.29. The van der Waals surface area contributed by atoms with Crippen LogP contribution in [0.3, 0.4) is 0 Å². The molecule has 0 bridgehead atoms. The van der Waals surface area contributed by atoms with Crippen LogP contribution in [0.25, 0.3) is 12.2 Å². The lowest BCUT2D eigenvalue weighted by Crippen LogP contribution is -2.35. The molecule has 30 heavy (non-hydrogen) atoms. The number of amides is 1. The Kier molecular flexibility index (Phi) is 5.48. The van der Waals surface area contributed by atoms with Crippen molar-refractivity contribution >= 4 is 50.8 Å². The van der Waals surface area contributed by atoms with E-state index in [0.29, 0.717) is 23.7 Å². The molecule has 4 rings (SSSR count). The molecule has 1 aliphatic rings. The van der Waals surface area contributed by atoms with Gasteiger partial charge in [0, 0.05) is 18.3 Å². The molecule has 0 fully saturated rings. The third kappa shape index (κ3) is 3.90. The van der Waals surface area contributed by atoms with Gasteiger partial charge in [-0.2, -0.15) is 0 Å². The van der Waals surface area contributed by atoms with Gasteiger partial charge in [-0.3, -0.25) is 9.10 Å². The van der Waals surface area contributed by atoms with Gasteiger partial charge in [-0.05, 0) is 55.7 Å². The quantitative estimate of drug-likeness (QED) is 0.634. The molecule has 0 spiro atoms. The van der Waals surface area contributed by atoms with Crippen LogP contribution in [0.4, 0.5) is 11.4 Å². The highest BCUT2D eigenvalue weighted by Gasteiger charge is 2.30. The summed E-state index contributed by atoms with van der Waals surface area (Å²) in [4.78, 5) is 12.1. The Balaban J connectivity index is 1.59. The topological polar surface area (TPSA) is 92.5 Å². The number of carbonyl (C=O) groups is 1. The number of hydrogen-bond donors (Lipinski definition) is 1. The zero-order chi connectivity index (χ0) is 21.3. The minimum absolute atomic E-state index is 0.220. The lowest BCUT2D eigenvalue weighted by molar-refractivity contribution is -0.114. The molecule has 0 atom stereocenters. The van der Waals surface area contributed by atoms with E-state index in [4.69, 9.17) is 4.52 Å². The first kappa shape index (κ1) is 20.4. The SMILES string of the molecule is CC(=O)Nc1c(C)noc1C=Cc1ccc(S(=O)(=O)N2CCCc3ccccc32)s1. The Morgan fingerprint density at radius 1 is 1.23 bits per heavy atom. The van der Waals surface area contributed by atoms with Crippen LogP contribution >= 0.6 is 11.3 Å². The maximum atomic E-state index is 13.3. The fraction of sp³-hybridized carbons (Fsp3) is 0.238. The number of nitrogens with one attached hydrogen (secondary N) is 1. The summed E-state index contributed by atoms with van der Waals surface area (Å²) in [7, 11) is -3.63. The summed E-state index contributed by atoms with van der Waals surface area (Å²) in [6, 6.07) is 11.0. The van der Waals surface area contributed by atoms with Gasteiger partial charge in [-0.25, -0.2) is 8.42 Å². The number of hydrogen-bond acceptors (Lipinski definition) is 6. The molecule has 1 aromatic carbocycles. The van der Waals surface area contributed by atoms with E-state index in [1.807, 2.05) is 24.3 Å². The van der Waals surface area contributed by atoms with Gasteiger partial charge in [0.15, 0.2) is 5.76 Å². The number of thiophene rings is 1. The minimum Gasteiger partial charge on any atom is -0.354 e. The van der Waals surface area contributed by atoms with Gasteiger partial charge in [-0.1, -0.05) is 23.4 Å². The molecule has 9 heteroatoms. The van der Waals surface area contributed by atoms with Gasteiger partial charge in [0.2, 0.25) is 5.91 Å². The molecular formula is C21H21N3O4S2. The highest BCUT2D eigenvalue weighted by molar-refractivity contribution is 7.94. The fourth-order valence-electron chi connectivity index (χ4n) is 3.41. The van der Waals surface area contributed by atoms with Gasteiger partial charge in [0.25, 0.3) is 10.0 Å². The molecule has 0 unspecified atom stereocenters. The molecule has 0 aliphatic carbocycles. The second-order valence-corrected chi connectivity index (χ2v) is 10.2. The van der Waals surface area contributed by atoms with Crippen LogP contribution in [0.5, 0.6) is 0 Å². The van der Waals surface area contributed by atoms with E-state index in [1.54, 1.807) is 31.2 Å². The van der Waals surface area contributed by atoms with E-state index in [0.717, 1.165) is 29.0 Å². The molecule has 3 aromatic rings. The van der Waals surface area contributed by atoms with Crippen molar-refractivity contribution in [3.05, 3.63) is 58.3 Å². The number of aromatic nitrogens is 1. The van der Waals surface area contributed by atoms with Crippen LogP contribution < -0.4 is 9.62 Å². The van der Waals surface area contributed by atoms with Gasteiger partial charge in [-0.15, -0.1) is 11.3 Å². The second kappa shape index (κ2) is 8.08. The van der Waals surface area contributed by atoms with E-state index >= 15 is 0 Å². The largest absolute Gasteiger partial charge is 0.354 e. The first-order valence-electron chi connectivity index (χ1n) is 9.48. The van der Waals surface area contributed by atoms with Crippen LogP contribution in [-0.4, -0.2) is 26.0 Å². The summed E-state index contributed by atoms with van der Waals surface area (Å²) >= 11 is 1.19. The molecule has 0 radical (unpaired) electrons. The molecule has 1 aliphatic heterocycles. The van der Waals surface area contributed by atoms with Crippen molar-refractivity contribution in [3.8, 4) is 0 Å². The first-order valence-corrected chi connectivity index (χ1v) is 11.7. The van der Waals surface area contributed by atoms with Crippen LogP contribution in [0, 0.1) is 6.92 Å². The lowest BCUT2D eigenvalue weighted by atomic mass is 10.0. The van der Waals surface area contributed by atoms with Crippen molar-refractivity contribution in [2.24, 2.45) is 0 Å². The first-order chi connectivity index (χ1) is 14.4.